The predicted molar refractivity (Wildman–Crippen MR) is 249 cm³/mol. The fourth-order valence-electron chi connectivity index (χ4n) is 9.54. The fraction of sp³-hybridized carbons (Fsp3) is 0.208. The molecule has 0 spiro atoms. The molecule has 3 heterocycles. The summed E-state index contributed by atoms with van der Waals surface area (Å²) in [5.74, 6) is 0. The summed E-state index contributed by atoms with van der Waals surface area (Å²) >= 11 is 1.90. The standard InChI is InChI=1S/C53H49BN2S/c1-51(2,3)34-23-26-38(27-24-34)56-46-33-49-41(40-21-15-16-22-48(40)57-49)32-45(46)54-44-29-35(52(4,5)6)25-28-42(44)53(7,8)43-30-39(31-47(56)50(43)54)55(36-17-11-9-12-18-36)37-19-13-10-14-20-37/h9-33H,1-8H3. The van der Waals surface area contributed by atoms with Gasteiger partial charge in [0.2, 0.25) is 6.71 Å². The second-order valence-electron chi connectivity index (χ2n) is 18.7. The van der Waals surface area contributed by atoms with Crippen LogP contribution in [0.25, 0.3) is 20.2 Å². The molecule has 7 aromatic carbocycles. The van der Waals surface area contributed by atoms with Crippen molar-refractivity contribution in [2.45, 2.75) is 71.6 Å². The van der Waals surface area contributed by atoms with E-state index >= 15 is 0 Å². The number of para-hydroxylation sites is 2. The van der Waals surface area contributed by atoms with E-state index in [1.54, 1.807) is 0 Å². The SMILES string of the molecule is CC(C)(C)c1ccc(N2c3cc4sc5ccccc5c4cc3B3c4cc(C(C)(C)C)ccc4C(C)(C)c4cc(N(c5ccccc5)c5ccccc5)cc2c43)cc1. The van der Waals surface area contributed by atoms with Gasteiger partial charge in [0.05, 0.1) is 0 Å². The number of benzene rings is 7. The zero-order valence-electron chi connectivity index (χ0n) is 34.3. The number of anilines is 6. The van der Waals surface area contributed by atoms with Gasteiger partial charge in [-0.25, -0.2) is 0 Å². The van der Waals surface area contributed by atoms with Gasteiger partial charge in [-0.15, -0.1) is 11.3 Å². The lowest BCUT2D eigenvalue weighted by atomic mass is 9.30. The van der Waals surface area contributed by atoms with Gasteiger partial charge in [-0.3, -0.25) is 0 Å². The van der Waals surface area contributed by atoms with E-state index in [0.717, 1.165) is 17.1 Å². The van der Waals surface area contributed by atoms with Crippen LogP contribution in [0.5, 0.6) is 0 Å². The Bertz CT molecular complexity index is 2800. The average molecular weight is 757 g/mol. The van der Waals surface area contributed by atoms with Gasteiger partial charge < -0.3 is 9.80 Å². The van der Waals surface area contributed by atoms with Crippen LogP contribution in [0.4, 0.5) is 34.1 Å². The highest BCUT2D eigenvalue weighted by Gasteiger charge is 2.47. The van der Waals surface area contributed by atoms with Gasteiger partial charge in [0.25, 0.3) is 0 Å². The van der Waals surface area contributed by atoms with Crippen molar-refractivity contribution in [1.29, 1.82) is 0 Å². The maximum atomic E-state index is 2.59. The lowest BCUT2D eigenvalue weighted by molar-refractivity contribution is 0.588. The van der Waals surface area contributed by atoms with Crippen LogP contribution in [0, 0.1) is 0 Å². The highest BCUT2D eigenvalue weighted by atomic mass is 32.1. The van der Waals surface area contributed by atoms with Crippen LogP contribution in [-0.4, -0.2) is 6.71 Å². The van der Waals surface area contributed by atoms with Crippen molar-refractivity contribution in [3.8, 4) is 0 Å². The average Bonchev–Trinajstić information content (AvgIpc) is 3.56. The Hall–Kier alpha value is -5.58. The summed E-state index contributed by atoms with van der Waals surface area (Å²) in [6.07, 6.45) is 0. The van der Waals surface area contributed by atoms with E-state index in [1.807, 2.05) is 11.3 Å². The van der Waals surface area contributed by atoms with Crippen LogP contribution < -0.4 is 26.2 Å². The normalized spacial score (nSPS) is 14.4. The van der Waals surface area contributed by atoms with Crippen molar-refractivity contribution in [1.82, 2.24) is 0 Å². The van der Waals surface area contributed by atoms with Gasteiger partial charge in [0, 0.05) is 54.3 Å². The Balaban J connectivity index is 1.34. The van der Waals surface area contributed by atoms with Gasteiger partial charge >= 0.3 is 0 Å². The second-order valence-corrected chi connectivity index (χ2v) is 19.8. The summed E-state index contributed by atoms with van der Waals surface area (Å²) in [4.78, 5) is 5.03. The van der Waals surface area contributed by atoms with Crippen LogP contribution >= 0.6 is 11.3 Å². The number of hydrogen-bond acceptors (Lipinski definition) is 3. The van der Waals surface area contributed by atoms with Crippen LogP contribution in [0.2, 0.25) is 0 Å². The number of rotatable bonds is 4. The Morgan fingerprint density at radius 2 is 1.12 bits per heavy atom. The fourth-order valence-corrected chi connectivity index (χ4v) is 10.7. The topological polar surface area (TPSA) is 6.48 Å². The molecule has 0 N–H and O–H groups in total. The van der Waals surface area contributed by atoms with Crippen molar-refractivity contribution < 1.29 is 0 Å². The Morgan fingerprint density at radius 3 is 1.77 bits per heavy atom. The molecular formula is C53H49BN2S. The molecule has 0 bridgehead atoms. The number of fused-ring (bicyclic) bond motifs is 7. The summed E-state index contributed by atoms with van der Waals surface area (Å²) in [7, 11) is 0. The molecular weight excluding hydrogens is 707 g/mol. The molecule has 0 fully saturated rings. The third-order valence-corrected chi connectivity index (χ3v) is 13.7. The van der Waals surface area contributed by atoms with E-state index in [-0.39, 0.29) is 23.0 Å². The zero-order chi connectivity index (χ0) is 39.4. The maximum absolute atomic E-state index is 2.59. The van der Waals surface area contributed by atoms with E-state index in [4.69, 9.17) is 0 Å². The van der Waals surface area contributed by atoms with Crippen molar-refractivity contribution in [2.24, 2.45) is 0 Å². The van der Waals surface area contributed by atoms with Gasteiger partial charge in [0.15, 0.2) is 0 Å². The van der Waals surface area contributed by atoms with Crippen LogP contribution in [-0.2, 0) is 16.2 Å². The minimum atomic E-state index is -0.264. The molecule has 57 heavy (non-hydrogen) atoms. The van der Waals surface area contributed by atoms with Gasteiger partial charge in [0.1, 0.15) is 0 Å². The molecule has 2 aliphatic rings. The molecule has 0 radical (unpaired) electrons. The van der Waals surface area contributed by atoms with Gasteiger partial charge in [-0.2, -0.15) is 0 Å². The van der Waals surface area contributed by atoms with Crippen molar-refractivity contribution in [2.75, 3.05) is 9.80 Å². The lowest BCUT2D eigenvalue weighted by Crippen LogP contribution is -2.64. The number of thiophene rings is 1. The molecule has 0 atom stereocenters. The van der Waals surface area contributed by atoms with Crippen molar-refractivity contribution in [3.05, 3.63) is 174 Å². The molecule has 1 aromatic heterocycles. The van der Waals surface area contributed by atoms with Crippen molar-refractivity contribution >= 4 is 88.7 Å². The van der Waals surface area contributed by atoms with E-state index in [0.29, 0.717) is 0 Å². The second kappa shape index (κ2) is 12.7. The third kappa shape index (κ3) is 5.67. The quantitative estimate of drug-likeness (QED) is 0.165. The molecule has 0 saturated heterocycles. The first kappa shape index (κ1) is 35.8. The smallest absolute Gasteiger partial charge is 0.247 e. The summed E-state index contributed by atoms with van der Waals surface area (Å²) in [5, 5.41) is 2.68. The minimum Gasteiger partial charge on any atom is -0.311 e. The summed E-state index contributed by atoms with van der Waals surface area (Å²) in [5.41, 5.74) is 16.6. The monoisotopic (exact) mass is 756 g/mol. The first-order chi connectivity index (χ1) is 27.3. The Labute approximate surface area is 342 Å². The Morgan fingerprint density at radius 1 is 0.509 bits per heavy atom. The molecule has 8 aromatic rings. The van der Waals surface area contributed by atoms with Crippen LogP contribution in [0.15, 0.2) is 152 Å². The van der Waals surface area contributed by atoms with Crippen LogP contribution in [0.1, 0.15) is 77.6 Å². The molecule has 0 amide bonds. The molecule has 0 unspecified atom stereocenters. The van der Waals surface area contributed by atoms with Gasteiger partial charge in [-0.1, -0.05) is 152 Å². The van der Waals surface area contributed by atoms with E-state index in [2.05, 4.69) is 217 Å². The molecule has 2 nitrogen and oxygen atoms in total. The number of nitrogens with zero attached hydrogens (tertiary/aromatic N) is 2. The molecule has 4 heteroatoms. The van der Waals surface area contributed by atoms with E-state index < -0.39 is 0 Å². The lowest BCUT2D eigenvalue weighted by Gasteiger charge is -2.46. The molecule has 280 valence electrons. The summed E-state index contributed by atoms with van der Waals surface area (Å²) < 4.78 is 2.65. The zero-order valence-corrected chi connectivity index (χ0v) is 35.1. The molecule has 0 saturated carbocycles. The number of hydrogen-bond donors (Lipinski definition) is 0. The van der Waals surface area contributed by atoms with Gasteiger partial charge in [-0.05, 0) is 110 Å². The third-order valence-electron chi connectivity index (χ3n) is 12.6. The highest BCUT2D eigenvalue weighted by molar-refractivity contribution is 7.26. The van der Waals surface area contributed by atoms with Crippen LogP contribution in [0.3, 0.4) is 0 Å². The predicted octanol–water partition coefficient (Wildman–Crippen LogP) is 13.1. The van der Waals surface area contributed by atoms with E-state index in [1.165, 1.54) is 75.9 Å². The largest absolute Gasteiger partial charge is 0.311 e. The highest BCUT2D eigenvalue weighted by Crippen LogP contribution is 2.48. The van der Waals surface area contributed by atoms with E-state index in [9.17, 15) is 0 Å². The minimum absolute atomic E-state index is 0.0177. The molecule has 2 aliphatic heterocycles. The molecule has 0 aliphatic carbocycles. The maximum Gasteiger partial charge on any atom is 0.247 e. The summed E-state index contributed by atoms with van der Waals surface area (Å²) in [6, 6.07) is 57.5. The summed E-state index contributed by atoms with van der Waals surface area (Å²) in [6.45, 7) is 18.9. The first-order valence-electron chi connectivity index (χ1n) is 20.4. The van der Waals surface area contributed by atoms with Crippen molar-refractivity contribution in [3.63, 3.8) is 0 Å². The molecule has 10 rings (SSSR count). The Kier molecular flexibility index (Phi) is 7.99. The first-order valence-corrected chi connectivity index (χ1v) is 21.2.